The number of rotatable bonds is 7. The molecule has 40 heavy (non-hydrogen) atoms. The van der Waals surface area contributed by atoms with Crippen molar-refractivity contribution in [2.75, 3.05) is 7.11 Å². The highest BCUT2D eigenvalue weighted by molar-refractivity contribution is 5.90. The van der Waals surface area contributed by atoms with Gasteiger partial charge in [-0.15, -0.1) is 5.10 Å². The van der Waals surface area contributed by atoms with Gasteiger partial charge in [0.1, 0.15) is 16.8 Å². The van der Waals surface area contributed by atoms with Crippen molar-refractivity contribution in [3.63, 3.8) is 0 Å². The number of carbonyl (C=O) groups excluding carboxylic acids is 1. The first kappa shape index (κ1) is 25.0. The number of carbonyl (C=O) groups is 1. The van der Waals surface area contributed by atoms with E-state index in [-0.39, 0.29) is 6.10 Å². The van der Waals surface area contributed by atoms with Crippen molar-refractivity contribution < 1.29 is 18.9 Å². The SMILES string of the molecule is COC(=O)c1cccc(-n2nc(-c3ccc(-c4ccc(OC(C)C)cc4)cc3)nc2-c2ccc3nonc3c2)c1. The molecule has 6 aromatic rings. The Hall–Kier alpha value is -5.31. The predicted molar refractivity (Wildman–Crippen MR) is 150 cm³/mol. The smallest absolute Gasteiger partial charge is 0.337 e. The number of hydrogen-bond acceptors (Lipinski definition) is 8. The zero-order valence-electron chi connectivity index (χ0n) is 22.1. The van der Waals surface area contributed by atoms with Crippen LogP contribution in [0.15, 0.2) is 95.6 Å². The number of ether oxygens (including phenoxy) is 2. The molecule has 0 bridgehead atoms. The number of aromatic nitrogens is 5. The van der Waals surface area contributed by atoms with E-state index in [1.54, 1.807) is 22.9 Å². The fourth-order valence-corrected chi connectivity index (χ4v) is 4.41. The van der Waals surface area contributed by atoms with E-state index < -0.39 is 5.97 Å². The summed E-state index contributed by atoms with van der Waals surface area (Å²) in [7, 11) is 1.35. The van der Waals surface area contributed by atoms with Gasteiger partial charge in [-0.3, -0.25) is 0 Å². The van der Waals surface area contributed by atoms with E-state index in [9.17, 15) is 4.79 Å². The zero-order valence-corrected chi connectivity index (χ0v) is 22.1. The Morgan fingerprint density at radius 2 is 1.48 bits per heavy atom. The third-order valence-electron chi connectivity index (χ3n) is 6.33. The van der Waals surface area contributed by atoms with Gasteiger partial charge in [0.2, 0.25) is 0 Å². The van der Waals surface area contributed by atoms with Crippen LogP contribution in [0, 0.1) is 0 Å². The Kier molecular flexibility index (Phi) is 6.53. The maximum Gasteiger partial charge on any atom is 0.337 e. The molecular weight excluding hydrogens is 506 g/mol. The Morgan fingerprint density at radius 3 is 2.20 bits per heavy atom. The molecule has 0 aliphatic rings. The van der Waals surface area contributed by atoms with Gasteiger partial charge in [0, 0.05) is 11.1 Å². The first-order valence-electron chi connectivity index (χ1n) is 12.7. The summed E-state index contributed by atoms with van der Waals surface area (Å²) < 4.78 is 17.2. The van der Waals surface area contributed by atoms with Gasteiger partial charge in [-0.1, -0.05) is 42.5 Å². The quantitative estimate of drug-likeness (QED) is 0.219. The highest BCUT2D eigenvalue weighted by Gasteiger charge is 2.18. The second kappa shape index (κ2) is 10.5. The first-order valence-corrected chi connectivity index (χ1v) is 12.7. The van der Waals surface area contributed by atoms with Crippen LogP contribution in [0.25, 0.3) is 50.6 Å². The molecule has 0 N–H and O–H groups in total. The van der Waals surface area contributed by atoms with Gasteiger partial charge in [-0.2, -0.15) is 0 Å². The second-order valence-corrected chi connectivity index (χ2v) is 9.45. The van der Waals surface area contributed by atoms with Gasteiger partial charge in [-0.25, -0.2) is 19.1 Å². The van der Waals surface area contributed by atoms with Crippen LogP contribution in [-0.4, -0.2) is 44.3 Å². The minimum atomic E-state index is -0.432. The third kappa shape index (κ3) is 4.92. The van der Waals surface area contributed by atoms with Crippen molar-refractivity contribution in [2.24, 2.45) is 0 Å². The summed E-state index contributed by atoms with van der Waals surface area (Å²) in [5.41, 5.74) is 6.07. The lowest BCUT2D eigenvalue weighted by molar-refractivity contribution is 0.0600. The van der Waals surface area contributed by atoms with E-state index in [4.69, 9.17) is 24.2 Å². The molecule has 6 rings (SSSR count). The van der Waals surface area contributed by atoms with E-state index >= 15 is 0 Å². The first-order chi connectivity index (χ1) is 19.5. The van der Waals surface area contributed by atoms with Crippen molar-refractivity contribution in [1.29, 1.82) is 0 Å². The van der Waals surface area contributed by atoms with Crippen LogP contribution < -0.4 is 4.74 Å². The average Bonchev–Trinajstić information content (AvgIpc) is 3.64. The summed E-state index contributed by atoms with van der Waals surface area (Å²) in [6, 6.07) is 28.7. The van der Waals surface area contributed by atoms with Crippen LogP contribution in [0.2, 0.25) is 0 Å². The number of benzene rings is 4. The topological polar surface area (TPSA) is 105 Å². The molecule has 0 unspecified atom stereocenters. The molecule has 0 atom stereocenters. The number of nitrogens with zero attached hydrogens (tertiary/aromatic N) is 5. The molecule has 0 saturated carbocycles. The van der Waals surface area contributed by atoms with E-state index in [1.807, 2.05) is 86.6 Å². The van der Waals surface area contributed by atoms with Crippen LogP contribution >= 0.6 is 0 Å². The lowest BCUT2D eigenvalue weighted by Crippen LogP contribution is -2.05. The summed E-state index contributed by atoms with van der Waals surface area (Å²) in [5, 5.41) is 12.7. The standard InChI is InChI=1S/C31H25N5O4/c1-19(2)39-26-14-11-21(12-15-26)20-7-9-22(10-8-20)29-32-30(23-13-16-27-28(18-23)35-40-34-27)36(33-29)25-6-4-5-24(17-25)31(37)38-3/h4-19H,1-3H3. The van der Waals surface area contributed by atoms with Gasteiger partial charge < -0.3 is 9.47 Å². The minimum absolute atomic E-state index is 0.125. The molecule has 0 aliphatic heterocycles. The molecule has 0 spiro atoms. The predicted octanol–water partition coefficient (Wildman–Crippen LogP) is 6.38. The van der Waals surface area contributed by atoms with Crippen molar-refractivity contribution in [3.8, 4) is 45.3 Å². The fraction of sp³-hybridized carbons (Fsp3) is 0.129. The molecule has 0 fully saturated rings. The normalized spacial score (nSPS) is 11.2. The molecule has 2 aromatic heterocycles. The number of hydrogen-bond donors (Lipinski definition) is 0. The van der Waals surface area contributed by atoms with E-state index in [1.165, 1.54) is 7.11 Å². The number of fused-ring (bicyclic) bond motifs is 1. The van der Waals surface area contributed by atoms with Crippen molar-refractivity contribution >= 4 is 17.0 Å². The van der Waals surface area contributed by atoms with Crippen LogP contribution in [0.4, 0.5) is 0 Å². The largest absolute Gasteiger partial charge is 0.491 e. The second-order valence-electron chi connectivity index (χ2n) is 9.45. The molecule has 0 aliphatic carbocycles. The number of methoxy groups -OCH3 is 1. The molecule has 9 heteroatoms. The maximum absolute atomic E-state index is 12.2. The van der Waals surface area contributed by atoms with Crippen LogP contribution in [0.5, 0.6) is 5.75 Å². The molecule has 0 amide bonds. The van der Waals surface area contributed by atoms with Crippen molar-refractivity contribution in [1.82, 2.24) is 25.1 Å². The summed E-state index contributed by atoms with van der Waals surface area (Å²) in [6.45, 7) is 4.01. The Bertz CT molecular complexity index is 1800. The van der Waals surface area contributed by atoms with Crippen molar-refractivity contribution in [3.05, 3.63) is 96.6 Å². The van der Waals surface area contributed by atoms with E-state index in [0.29, 0.717) is 33.9 Å². The Labute approximate surface area is 230 Å². The Morgan fingerprint density at radius 1 is 0.800 bits per heavy atom. The maximum atomic E-state index is 12.2. The summed E-state index contributed by atoms with van der Waals surface area (Å²) in [5.74, 6) is 1.52. The third-order valence-corrected chi connectivity index (χ3v) is 6.33. The summed E-state index contributed by atoms with van der Waals surface area (Å²) in [4.78, 5) is 17.1. The lowest BCUT2D eigenvalue weighted by atomic mass is 10.0. The fourth-order valence-electron chi connectivity index (χ4n) is 4.41. The highest BCUT2D eigenvalue weighted by atomic mass is 16.6. The van der Waals surface area contributed by atoms with Crippen LogP contribution in [-0.2, 0) is 4.74 Å². The van der Waals surface area contributed by atoms with E-state index in [0.717, 1.165) is 28.0 Å². The average molecular weight is 532 g/mol. The molecule has 0 saturated heterocycles. The molecular formula is C31H25N5O4. The summed E-state index contributed by atoms with van der Waals surface area (Å²) >= 11 is 0. The highest BCUT2D eigenvalue weighted by Crippen LogP contribution is 2.30. The van der Waals surface area contributed by atoms with Crippen LogP contribution in [0.3, 0.4) is 0 Å². The molecule has 0 radical (unpaired) electrons. The van der Waals surface area contributed by atoms with Gasteiger partial charge >= 0.3 is 5.97 Å². The Balaban J connectivity index is 1.39. The zero-order chi connectivity index (χ0) is 27.6. The summed E-state index contributed by atoms with van der Waals surface area (Å²) in [6.07, 6.45) is 0.125. The minimum Gasteiger partial charge on any atom is -0.491 e. The van der Waals surface area contributed by atoms with Gasteiger partial charge in [-0.05, 0) is 83.8 Å². The van der Waals surface area contributed by atoms with Gasteiger partial charge in [0.05, 0.1) is 24.5 Å². The van der Waals surface area contributed by atoms with Gasteiger partial charge in [0.15, 0.2) is 11.6 Å². The molecule has 9 nitrogen and oxygen atoms in total. The molecule has 4 aromatic carbocycles. The monoisotopic (exact) mass is 531 g/mol. The van der Waals surface area contributed by atoms with Crippen molar-refractivity contribution in [2.45, 2.75) is 20.0 Å². The lowest BCUT2D eigenvalue weighted by Gasteiger charge is -2.10. The number of esters is 1. The van der Waals surface area contributed by atoms with Crippen LogP contribution in [0.1, 0.15) is 24.2 Å². The van der Waals surface area contributed by atoms with E-state index in [2.05, 4.69) is 10.3 Å². The van der Waals surface area contributed by atoms with Gasteiger partial charge in [0.25, 0.3) is 0 Å². The molecule has 2 heterocycles. The molecule has 198 valence electrons.